The van der Waals surface area contributed by atoms with E-state index >= 15 is 0 Å². The fourth-order valence-electron chi connectivity index (χ4n) is 2.81. The smallest absolute Gasteiger partial charge is 0.335 e. The minimum absolute atomic E-state index is 0.147. The molecule has 0 fully saturated rings. The Bertz CT molecular complexity index is 1200. The van der Waals surface area contributed by atoms with E-state index in [0.717, 1.165) is 0 Å². The molecule has 6 heteroatoms. The van der Waals surface area contributed by atoms with E-state index in [1.54, 1.807) is 60.9 Å². The molecule has 4 aromatic rings. The van der Waals surface area contributed by atoms with Gasteiger partial charge in [0.2, 0.25) is 0 Å². The number of aromatic carboxylic acids is 1. The molecule has 0 aliphatic carbocycles. The summed E-state index contributed by atoms with van der Waals surface area (Å²) in [6.07, 6.45) is 4.97. The number of rotatable bonds is 4. The summed E-state index contributed by atoms with van der Waals surface area (Å²) in [5, 5.41) is 9.57. The van der Waals surface area contributed by atoms with Crippen molar-refractivity contribution in [2.45, 2.75) is 0 Å². The van der Waals surface area contributed by atoms with Gasteiger partial charge in [-0.1, -0.05) is 12.1 Å². The van der Waals surface area contributed by atoms with Crippen LogP contribution in [0, 0.1) is 0 Å². The summed E-state index contributed by atoms with van der Waals surface area (Å²) >= 11 is 0. The number of fused-ring (bicyclic) bond motifs is 1. The number of carbonyl (C=O) groups is 1. The Morgan fingerprint density at radius 1 is 1.00 bits per heavy atom. The lowest BCUT2D eigenvalue weighted by Gasteiger charge is -2.11. The van der Waals surface area contributed by atoms with Gasteiger partial charge in [-0.15, -0.1) is 0 Å². The van der Waals surface area contributed by atoms with Crippen LogP contribution in [-0.4, -0.2) is 20.6 Å². The normalized spacial score (nSPS) is 11.3. The fraction of sp³-hybridized carbons (Fsp3) is 0. The molecule has 6 nitrogen and oxygen atoms in total. The van der Waals surface area contributed by atoms with Crippen LogP contribution in [0.3, 0.4) is 0 Å². The van der Waals surface area contributed by atoms with Gasteiger partial charge in [-0.25, -0.2) is 9.78 Å². The molecule has 0 aliphatic rings. The lowest BCUT2D eigenvalue weighted by atomic mass is 10.2. The van der Waals surface area contributed by atoms with Gasteiger partial charge in [0.05, 0.1) is 28.4 Å². The second-order valence-corrected chi connectivity index (χ2v) is 5.83. The van der Waals surface area contributed by atoms with E-state index in [-0.39, 0.29) is 11.1 Å². The van der Waals surface area contributed by atoms with Gasteiger partial charge in [0.1, 0.15) is 11.6 Å². The van der Waals surface area contributed by atoms with Gasteiger partial charge in [-0.2, -0.15) is 0 Å². The first-order valence-corrected chi connectivity index (χ1v) is 8.20. The van der Waals surface area contributed by atoms with Crippen molar-refractivity contribution in [2.75, 3.05) is 0 Å². The maximum Gasteiger partial charge on any atom is 0.335 e. The fourth-order valence-corrected chi connectivity index (χ4v) is 2.81. The van der Waals surface area contributed by atoms with Crippen LogP contribution < -0.4 is 5.56 Å². The summed E-state index contributed by atoms with van der Waals surface area (Å²) in [6.45, 7) is 0. The molecule has 0 bridgehead atoms. The van der Waals surface area contributed by atoms with Gasteiger partial charge in [0.25, 0.3) is 5.56 Å². The summed E-state index contributed by atoms with van der Waals surface area (Å²) in [4.78, 5) is 28.8. The third-order valence-electron chi connectivity index (χ3n) is 4.11. The molecule has 0 saturated heterocycles. The van der Waals surface area contributed by atoms with Crippen LogP contribution in [0.2, 0.25) is 0 Å². The molecule has 0 aliphatic heterocycles. The summed E-state index contributed by atoms with van der Waals surface area (Å²) < 4.78 is 6.75. The van der Waals surface area contributed by atoms with Crippen LogP contribution in [0.25, 0.3) is 28.7 Å². The first-order valence-electron chi connectivity index (χ1n) is 8.20. The Kier molecular flexibility index (Phi) is 4.14. The number of furan rings is 1. The highest BCUT2D eigenvalue weighted by molar-refractivity contribution is 5.88. The van der Waals surface area contributed by atoms with E-state index in [2.05, 4.69) is 4.98 Å². The van der Waals surface area contributed by atoms with Crippen LogP contribution in [-0.2, 0) is 0 Å². The Morgan fingerprint density at radius 3 is 2.48 bits per heavy atom. The average molecular weight is 358 g/mol. The minimum Gasteiger partial charge on any atom is -0.478 e. The average Bonchev–Trinajstić information content (AvgIpc) is 3.20. The molecule has 132 valence electrons. The lowest BCUT2D eigenvalue weighted by molar-refractivity contribution is 0.0697. The topological polar surface area (TPSA) is 85.3 Å². The zero-order valence-corrected chi connectivity index (χ0v) is 14.1. The summed E-state index contributed by atoms with van der Waals surface area (Å²) in [5.74, 6) is 0.0202. The summed E-state index contributed by atoms with van der Waals surface area (Å²) in [6, 6.07) is 16.7. The highest BCUT2D eigenvalue weighted by Crippen LogP contribution is 2.16. The van der Waals surface area contributed by atoms with Crippen molar-refractivity contribution >= 4 is 29.0 Å². The van der Waals surface area contributed by atoms with E-state index in [1.807, 2.05) is 6.07 Å². The summed E-state index contributed by atoms with van der Waals surface area (Å²) in [5.41, 5.74) is 1.03. The number of carboxylic acids is 1. The molecule has 0 spiro atoms. The van der Waals surface area contributed by atoms with Gasteiger partial charge < -0.3 is 9.52 Å². The number of aromatic nitrogens is 2. The molecule has 2 heterocycles. The quantitative estimate of drug-likeness (QED) is 0.599. The Balaban J connectivity index is 1.93. The SMILES string of the molecule is O=C(O)c1ccc(-n2c(C=Cc3ccco3)nc3ccccc3c2=O)cc1. The van der Waals surface area contributed by atoms with Crippen LogP contribution in [0.1, 0.15) is 21.9 Å². The molecule has 2 aromatic heterocycles. The van der Waals surface area contributed by atoms with Crippen molar-refractivity contribution in [2.24, 2.45) is 0 Å². The second-order valence-electron chi connectivity index (χ2n) is 5.83. The van der Waals surface area contributed by atoms with Gasteiger partial charge in [-0.3, -0.25) is 9.36 Å². The molecule has 0 saturated carbocycles. The number of hydrogen-bond acceptors (Lipinski definition) is 4. The monoisotopic (exact) mass is 358 g/mol. The van der Waals surface area contributed by atoms with Crippen LogP contribution >= 0.6 is 0 Å². The Labute approximate surface area is 153 Å². The van der Waals surface area contributed by atoms with Crippen LogP contribution in [0.5, 0.6) is 0 Å². The molecule has 27 heavy (non-hydrogen) atoms. The van der Waals surface area contributed by atoms with Crippen LogP contribution in [0.15, 0.2) is 76.1 Å². The first-order chi connectivity index (χ1) is 13.1. The highest BCUT2D eigenvalue weighted by atomic mass is 16.4. The minimum atomic E-state index is -1.02. The maximum atomic E-state index is 13.1. The number of nitrogens with zero attached hydrogens (tertiary/aromatic N) is 2. The lowest BCUT2D eigenvalue weighted by Crippen LogP contribution is -2.22. The molecule has 4 rings (SSSR count). The Hall–Kier alpha value is -3.93. The van der Waals surface area contributed by atoms with E-state index in [1.165, 1.54) is 16.7 Å². The first kappa shape index (κ1) is 16.5. The molecule has 0 amide bonds. The van der Waals surface area contributed by atoms with Crippen LogP contribution in [0.4, 0.5) is 0 Å². The third-order valence-corrected chi connectivity index (χ3v) is 4.11. The predicted molar refractivity (Wildman–Crippen MR) is 102 cm³/mol. The van der Waals surface area contributed by atoms with Gasteiger partial charge in [0.15, 0.2) is 0 Å². The van der Waals surface area contributed by atoms with E-state index in [9.17, 15) is 9.59 Å². The van der Waals surface area contributed by atoms with E-state index in [4.69, 9.17) is 9.52 Å². The van der Waals surface area contributed by atoms with Crippen molar-refractivity contribution in [1.29, 1.82) is 0 Å². The molecule has 0 unspecified atom stereocenters. The van der Waals surface area contributed by atoms with Crippen molar-refractivity contribution in [3.05, 3.63) is 94.4 Å². The Morgan fingerprint density at radius 2 is 1.78 bits per heavy atom. The largest absolute Gasteiger partial charge is 0.478 e. The molecule has 1 N–H and O–H groups in total. The number of carboxylic acid groups (broad SMARTS) is 1. The standard InChI is InChI=1S/C21H14N2O4/c24-20-17-5-1-2-6-18(17)22-19(12-11-16-4-3-13-27-16)23(20)15-9-7-14(8-10-15)21(25)26/h1-13H,(H,25,26). The highest BCUT2D eigenvalue weighted by Gasteiger charge is 2.12. The zero-order valence-electron chi connectivity index (χ0n) is 14.1. The molecular weight excluding hydrogens is 344 g/mol. The van der Waals surface area contributed by atoms with Crippen molar-refractivity contribution in [1.82, 2.24) is 9.55 Å². The number of benzene rings is 2. The van der Waals surface area contributed by atoms with Crippen molar-refractivity contribution < 1.29 is 14.3 Å². The van der Waals surface area contributed by atoms with Crippen molar-refractivity contribution in [3.63, 3.8) is 0 Å². The maximum absolute atomic E-state index is 13.1. The predicted octanol–water partition coefficient (Wildman–Crippen LogP) is 3.85. The molecule has 0 atom stereocenters. The van der Waals surface area contributed by atoms with Crippen molar-refractivity contribution in [3.8, 4) is 5.69 Å². The summed E-state index contributed by atoms with van der Waals surface area (Å²) in [7, 11) is 0. The zero-order chi connectivity index (χ0) is 18.8. The second kappa shape index (κ2) is 6.76. The van der Waals surface area contributed by atoms with Gasteiger partial charge in [-0.05, 0) is 60.7 Å². The number of para-hydroxylation sites is 1. The van der Waals surface area contributed by atoms with Gasteiger partial charge in [0, 0.05) is 0 Å². The third kappa shape index (κ3) is 3.16. The molecule has 0 radical (unpaired) electrons. The van der Waals surface area contributed by atoms with Gasteiger partial charge >= 0.3 is 5.97 Å². The van der Waals surface area contributed by atoms with E-state index in [0.29, 0.717) is 28.2 Å². The van der Waals surface area contributed by atoms with E-state index < -0.39 is 5.97 Å². The number of hydrogen-bond donors (Lipinski definition) is 1. The molecule has 2 aromatic carbocycles. The molecular formula is C21H14N2O4.